The van der Waals surface area contributed by atoms with Gasteiger partial charge in [0.25, 0.3) is 0 Å². The summed E-state index contributed by atoms with van der Waals surface area (Å²) >= 11 is 1.88. The van der Waals surface area contributed by atoms with Gasteiger partial charge in [-0.15, -0.1) is 11.3 Å². The lowest BCUT2D eigenvalue weighted by molar-refractivity contribution is 0.506. The third kappa shape index (κ3) is 1.89. The Balaban J connectivity index is 1.71. The maximum Gasteiger partial charge on any atom is 0.142 e. The summed E-state index contributed by atoms with van der Waals surface area (Å²) in [6.07, 6.45) is 5.87. The largest absolute Gasteiger partial charge is 0.348 e. The molecule has 0 aromatic carbocycles. The van der Waals surface area contributed by atoms with Gasteiger partial charge in [0.2, 0.25) is 0 Å². The summed E-state index contributed by atoms with van der Waals surface area (Å²) in [6.45, 7) is 6.36. The third-order valence-corrected chi connectivity index (χ3v) is 6.46. The number of anilines is 1. The van der Waals surface area contributed by atoms with Crippen LogP contribution in [0.15, 0.2) is 18.3 Å². The van der Waals surface area contributed by atoms with Crippen molar-refractivity contribution in [2.24, 2.45) is 0 Å². The second-order valence-corrected chi connectivity index (χ2v) is 7.71. The zero-order chi connectivity index (χ0) is 15.6. The second kappa shape index (κ2) is 4.81. The van der Waals surface area contributed by atoms with Gasteiger partial charge >= 0.3 is 0 Å². The molecule has 3 aromatic rings. The average Bonchev–Trinajstić information content (AvgIpc) is 3.20. The molecule has 5 heteroatoms. The van der Waals surface area contributed by atoms with E-state index in [1.54, 1.807) is 0 Å². The lowest BCUT2D eigenvalue weighted by atomic mass is 10.1. The monoisotopic (exact) mass is 324 g/mol. The van der Waals surface area contributed by atoms with E-state index in [0.29, 0.717) is 6.04 Å². The van der Waals surface area contributed by atoms with Crippen LogP contribution in [0.3, 0.4) is 0 Å². The maximum atomic E-state index is 4.89. The number of nitrogens with zero attached hydrogens (tertiary/aromatic N) is 4. The van der Waals surface area contributed by atoms with Crippen LogP contribution in [-0.2, 0) is 19.4 Å². The standard InChI is InChI=1S/C18H20N4S/c1-11-14-6-4-8-21(14)9-10-22(11)17-16-13-5-3-7-15(13)23-18(16)20-12(2)19-17/h4,6,8,11H,3,5,7,9-10H2,1-2H3. The minimum Gasteiger partial charge on any atom is -0.348 e. The van der Waals surface area contributed by atoms with Gasteiger partial charge in [-0.05, 0) is 50.8 Å². The predicted molar refractivity (Wildman–Crippen MR) is 94.4 cm³/mol. The Morgan fingerprint density at radius 2 is 2.13 bits per heavy atom. The highest BCUT2D eigenvalue weighted by atomic mass is 32.1. The predicted octanol–water partition coefficient (Wildman–Crippen LogP) is 3.87. The first-order valence-electron chi connectivity index (χ1n) is 8.43. The molecule has 0 radical (unpaired) electrons. The Kier molecular flexibility index (Phi) is 2.83. The fraction of sp³-hybridized carbons (Fsp3) is 0.444. The smallest absolute Gasteiger partial charge is 0.142 e. The number of hydrogen-bond acceptors (Lipinski definition) is 4. The average molecular weight is 324 g/mol. The first-order valence-corrected chi connectivity index (χ1v) is 9.24. The summed E-state index contributed by atoms with van der Waals surface area (Å²) < 4.78 is 2.37. The molecule has 0 bridgehead atoms. The van der Waals surface area contributed by atoms with Crippen molar-refractivity contribution in [3.05, 3.63) is 40.3 Å². The number of aromatic nitrogens is 3. The molecule has 0 amide bonds. The molecular weight excluding hydrogens is 304 g/mol. The van der Waals surface area contributed by atoms with Crippen molar-refractivity contribution in [3.8, 4) is 0 Å². The van der Waals surface area contributed by atoms with Gasteiger partial charge in [0.05, 0.1) is 11.4 Å². The molecule has 2 aliphatic rings. The quantitative estimate of drug-likeness (QED) is 0.681. The summed E-state index contributed by atoms with van der Waals surface area (Å²) in [5.41, 5.74) is 2.90. The highest BCUT2D eigenvalue weighted by Crippen LogP contribution is 2.42. The summed E-state index contributed by atoms with van der Waals surface area (Å²) in [7, 11) is 0. The van der Waals surface area contributed by atoms with Gasteiger partial charge < -0.3 is 9.47 Å². The van der Waals surface area contributed by atoms with E-state index in [4.69, 9.17) is 9.97 Å². The Hall–Kier alpha value is -1.88. The van der Waals surface area contributed by atoms with Crippen LogP contribution in [-0.4, -0.2) is 21.1 Å². The molecular formula is C18H20N4S. The van der Waals surface area contributed by atoms with Gasteiger partial charge in [-0.25, -0.2) is 9.97 Å². The highest BCUT2D eigenvalue weighted by molar-refractivity contribution is 7.19. The summed E-state index contributed by atoms with van der Waals surface area (Å²) in [5, 5.41) is 1.33. The molecule has 1 unspecified atom stereocenters. The fourth-order valence-corrected chi connectivity index (χ4v) is 5.46. The van der Waals surface area contributed by atoms with Crippen LogP contribution in [0.25, 0.3) is 10.2 Å². The summed E-state index contributed by atoms with van der Waals surface area (Å²) in [6, 6.07) is 4.74. The van der Waals surface area contributed by atoms with E-state index in [-0.39, 0.29) is 0 Å². The molecule has 5 rings (SSSR count). The molecule has 0 fully saturated rings. The molecule has 0 saturated carbocycles. The van der Waals surface area contributed by atoms with Crippen molar-refractivity contribution < 1.29 is 0 Å². The molecule has 1 aliphatic heterocycles. The Labute approximate surface area is 139 Å². The van der Waals surface area contributed by atoms with Crippen molar-refractivity contribution in [1.29, 1.82) is 0 Å². The van der Waals surface area contributed by atoms with Crippen LogP contribution >= 0.6 is 11.3 Å². The van der Waals surface area contributed by atoms with Crippen molar-refractivity contribution in [2.45, 2.75) is 45.7 Å². The lowest BCUT2D eigenvalue weighted by Gasteiger charge is -2.36. The van der Waals surface area contributed by atoms with E-state index in [0.717, 1.165) is 24.7 Å². The Bertz CT molecular complexity index is 907. The van der Waals surface area contributed by atoms with Crippen LogP contribution in [0.1, 0.15) is 41.3 Å². The van der Waals surface area contributed by atoms with Crippen LogP contribution in [0, 0.1) is 6.92 Å². The van der Waals surface area contributed by atoms with E-state index in [1.165, 1.54) is 45.6 Å². The zero-order valence-corrected chi connectivity index (χ0v) is 14.4. The lowest BCUT2D eigenvalue weighted by Crippen LogP contribution is -2.37. The molecule has 23 heavy (non-hydrogen) atoms. The highest BCUT2D eigenvalue weighted by Gasteiger charge is 2.29. The molecule has 3 aromatic heterocycles. The molecule has 4 heterocycles. The van der Waals surface area contributed by atoms with Crippen LogP contribution in [0.5, 0.6) is 0 Å². The minimum atomic E-state index is 0.355. The molecule has 118 valence electrons. The van der Waals surface area contributed by atoms with Crippen LogP contribution < -0.4 is 4.90 Å². The number of fused-ring (bicyclic) bond motifs is 4. The number of aryl methyl sites for hydroxylation is 3. The van der Waals surface area contributed by atoms with Crippen molar-refractivity contribution >= 4 is 27.4 Å². The number of thiophene rings is 1. The summed E-state index contributed by atoms with van der Waals surface area (Å²) in [5.74, 6) is 2.05. The molecule has 0 spiro atoms. The minimum absolute atomic E-state index is 0.355. The van der Waals surface area contributed by atoms with E-state index in [1.807, 2.05) is 18.3 Å². The van der Waals surface area contributed by atoms with Gasteiger partial charge in [-0.2, -0.15) is 0 Å². The molecule has 4 nitrogen and oxygen atoms in total. The Morgan fingerprint density at radius 3 is 3.04 bits per heavy atom. The first-order chi connectivity index (χ1) is 11.2. The van der Waals surface area contributed by atoms with Gasteiger partial charge in [0.15, 0.2) is 0 Å². The van der Waals surface area contributed by atoms with Gasteiger partial charge in [-0.3, -0.25) is 0 Å². The Morgan fingerprint density at radius 1 is 1.22 bits per heavy atom. The second-order valence-electron chi connectivity index (χ2n) is 6.63. The third-order valence-electron chi connectivity index (χ3n) is 5.27. The number of hydrogen-bond donors (Lipinski definition) is 0. The van der Waals surface area contributed by atoms with Crippen molar-refractivity contribution in [1.82, 2.24) is 14.5 Å². The van der Waals surface area contributed by atoms with E-state index in [9.17, 15) is 0 Å². The molecule has 1 aliphatic carbocycles. The van der Waals surface area contributed by atoms with Crippen molar-refractivity contribution in [3.63, 3.8) is 0 Å². The zero-order valence-electron chi connectivity index (χ0n) is 13.5. The van der Waals surface area contributed by atoms with Crippen LogP contribution in [0.4, 0.5) is 5.82 Å². The normalized spacial score (nSPS) is 20.1. The SMILES string of the molecule is Cc1nc(N2CCn3cccc3C2C)c2c3c(sc2n1)CCC3. The van der Waals surface area contributed by atoms with Crippen molar-refractivity contribution in [2.75, 3.05) is 11.4 Å². The van der Waals surface area contributed by atoms with E-state index in [2.05, 4.69) is 34.7 Å². The molecule has 0 N–H and O–H groups in total. The van der Waals surface area contributed by atoms with E-state index >= 15 is 0 Å². The van der Waals surface area contributed by atoms with E-state index < -0.39 is 0 Å². The fourth-order valence-electron chi connectivity index (χ4n) is 4.16. The van der Waals surface area contributed by atoms with Gasteiger partial charge in [-0.1, -0.05) is 0 Å². The molecule has 1 atom stereocenters. The number of rotatable bonds is 1. The maximum absolute atomic E-state index is 4.89. The van der Waals surface area contributed by atoms with Crippen LogP contribution in [0.2, 0.25) is 0 Å². The first kappa shape index (κ1) is 13.5. The van der Waals surface area contributed by atoms with Gasteiger partial charge in [0, 0.05) is 29.9 Å². The molecule has 0 saturated heterocycles. The summed E-state index contributed by atoms with van der Waals surface area (Å²) in [4.78, 5) is 14.8. The van der Waals surface area contributed by atoms with Gasteiger partial charge in [0.1, 0.15) is 16.5 Å². The topological polar surface area (TPSA) is 34.0 Å².